The zero-order chi connectivity index (χ0) is 14.4. The van der Waals surface area contributed by atoms with Crippen LogP contribution in [0.3, 0.4) is 0 Å². The molecular formula is C16H19NO3. The van der Waals surface area contributed by atoms with E-state index in [2.05, 4.69) is 5.32 Å². The van der Waals surface area contributed by atoms with Gasteiger partial charge < -0.3 is 10.4 Å². The molecule has 1 saturated heterocycles. The van der Waals surface area contributed by atoms with Gasteiger partial charge in [-0.1, -0.05) is 42.8 Å². The molecule has 0 bridgehead atoms. The number of nitrogens with one attached hydrogen (secondary N) is 1. The van der Waals surface area contributed by atoms with Gasteiger partial charge in [0.1, 0.15) is 0 Å². The van der Waals surface area contributed by atoms with E-state index in [1.165, 1.54) is 0 Å². The van der Waals surface area contributed by atoms with Crippen LogP contribution in [0.25, 0.3) is 6.08 Å². The van der Waals surface area contributed by atoms with Gasteiger partial charge in [-0.25, -0.2) is 0 Å². The second-order valence-corrected chi connectivity index (χ2v) is 5.09. The molecule has 1 aromatic carbocycles. The molecule has 1 aliphatic rings. The summed E-state index contributed by atoms with van der Waals surface area (Å²) in [4.78, 5) is 22.2. The van der Waals surface area contributed by atoms with Crippen molar-refractivity contribution in [1.82, 2.24) is 5.32 Å². The predicted octanol–water partition coefficient (Wildman–Crippen LogP) is 2.39. The topological polar surface area (TPSA) is 66.4 Å². The molecule has 2 rings (SSSR count). The first-order valence-electron chi connectivity index (χ1n) is 6.92. The third-order valence-corrected chi connectivity index (χ3v) is 3.34. The Kier molecular flexibility index (Phi) is 4.93. The molecule has 1 aromatic rings. The molecule has 0 aromatic heterocycles. The fourth-order valence-corrected chi connectivity index (χ4v) is 2.35. The molecule has 20 heavy (non-hydrogen) atoms. The number of hydrogen-bond donors (Lipinski definition) is 2. The van der Waals surface area contributed by atoms with E-state index < -0.39 is 5.97 Å². The zero-order valence-electron chi connectivity index (χ0n) is 11.3. The van der Waals surface area contributed by atoms with Crippen molar-refractivity contribution in [2.45, 2.75) is 38.1 Å². The van der Waals surface area contributed by atoms with Crippen molar-refractivity contribution in [1.29, 1.82) is 0 Å². The number of aliphatic carboxylic acids is 1. The molecule has 1 heterocycles. The number of carbonyl (C=O) groups excluding carboxylic acids is 1. The summed E-state index contributed by atoms with van der Waals surface area (Å²) >= 11 is 0. The highest BCUT2D eigenvalue weighted by atomic mass is 16.4. The highest BCUT2D eigenvalue weighted by Gasteiger charge is 2.13. The number of benzene rings is 1. The molecule has 0 radical (unpaired) electrons. The maximum atomic E-state index is 11.5. The van der Waals surface area contributed by atoms with Crippen LogP contribution in [0.5, 0.6) is 0 Å². The quantitative estimate of drug-likeness (QED) is 0.885. The van der Waals surface area contributed by atoms with Crippen molar-refractivity contribution < 1.29 is 14.7 Å². The Labute approximate surface area is 118 Å². The van der Waals surface area contributed by atoms with E-state index in [1.54, 1.807) is 6.07 Å². The van der Waals surface area contributed by atoms with E-state index in [1.807, 2.05) is 30.4 Å². The van der Waals surface area contributed by atoms with Gasteiger partial charge in [0.2, 0.25) is 5.91 Å². The monoisotopic (exact) mass is 273 g/mol. The highest BCUT2D eigenvalue weighted by Crippen LogP contribution is 2.13. The van der Waals surface area contributed by atoms with E-state index in [4.69, 9.17) is 5.11 Å². The van der Waals surface area contributed by atoms with Crippen LogP contribution >= 0.6 is 0 Å². The Balaban J connectivity index is 2.02. The fraction of sp³-hybridized carbons (Fsp3) is 0.375. The van der Waals surface area contributed by atoms with Crippen molar-refractivity contribution in [2.24, 2.45) is 0 Å². The molecule has 1 atom stereocenters. The molecule has 1 aliphatic heterocycles. The summed E-state index contributed by atoms with van der Waals surface area (Å²) in [5.74, 6) is -0.723. The lowest BCUT2D eigenvalue weighted by Gasteiger charge is -2.10. The van der Waals surface area contributed by atoms with E-state index in [0.717, 1.165) is 30.4 Å². The van der Waals surface area contributed by atoms with Gasteiger partial charge >= 0.3 is 5.97 Å². The van der Waals surface area contributed by atoms with Gasteiger partial charge in [-0.3, -0.25) is 9.59 Å². The van der Waals surface area contributed by atoms with Crippen LogP contribution in [0.4, 0.5) is 0 Å². The third-order valence-electron chi connectivity index (χ3n) is 3.34. The largest absolute Gasteiger partial charge is 0.481 e. The summed E-state index contributed by atoms with van der Waals surface area (Å²) in [5, 5.41) is 11.8. The second kappa shape index (κ2) is 6.89. The second-order valence-electron chi connectivity index (χ2n) is 5.09. The molecule has 0 saturated carbocycles. The van der Waals surface area contributed by atoms with Gasteiger partial charge in [-0.2, -0.15) is 0 Å². The van der Waals surface area contributed by atoms with Gasteiger partial charge in [0.15, 0.2) is 0 Å². The number of amides is 1. The number of carboxylic acid groups (broad SMARTS) is 1. The minimum atomic E-state index is -0.831. The van der Waals surface area contributed by atoms with Crippen LogP contribution in [0.1, 0.15) is 36.8 Å². The Bertz CT molecular complexity index is 522. The van der Waals surface area contributed by atoms with Crippen LogP contribution < -0.4 is 5.32 Å². The molecule has 4 nitrogen and oxygen atoms in total. The lowest BCUT2D eigenvalue weighted by Crippen LogP contribution is -2.30. The third kappa shape index (κ3) is 4.53. The van der Waals surface area contributed by atoms with Crippen molar-refractivity contribution >= 4 is 18.0 Å². The summed E-state index contributed by atoms with van der Waals surface area (Å²) in [6.45, 7) is 0. The first kappa shape index (κ1) is 14.3. The number of carboxylic acids is 1. The highest BCUT2D eigenvalue weighted by molar-refractivity contribution is 5.77. The Morgan fingerprint density at radius 2 is 2.25 bits per heavy atom. The van der Waals surface area contributed by atoms with E-state index in [9.17, 15) is 9.59 Å². The Morgan fingerprint density at radius 1 is 1.40 bits per heavy atom. The standard InChI is InChI=1S/C16H19NO3/c18-15-7-2-1-6-14(17-15)9-8-12-4-3-5-13(10-12)11-16(19)20/h3-5,8-10,14H,1-2,6-7,11H2,(H,17,18)(H,19,20). The molecule has 2 N–H and O–H groups in total. The molecule has 106 valence electrons. The molecule has 1 unspecified atom stereocenters. The van der Waals surface area contributed by atoms with Crippen molar-refractivity contribution in [3.63, 3.8) is 0 Å². The van der Waals surface area contributed by atoms with E-state index in [-0.39, 0.29) is 18.4 Å². The average Bonchev–Trinajstić information content (AvgIpc) is 2.60. The van der Waals surface area contributed by atoms with Crippen molar-refractivity contribution in [3.8, 4) is 0 Å². The Morgan fingerprint density at radius 3 is 3.05 bits per heavy atom. The first-order chi connectivity index (χ1) is 9.63. The van der Waals surface area contributed by atoms with Gasteiger partial charge in [-0.15, -0.1) is 0 Å². The van der Waals surface area contributed by atoms with Crippen molar-refractivity contribution in [2.75, 3.05) is 0 Å². The number of hydrogen-bond acceptors (Lipinski definition) is 2. The molecule has 1 fully saturated rings. The van der Waals surface area contributed by atoms with Gasteiger partial charge in [0.05, 0.1) is 6.42 Å². The summed E-state index contributed by atoms with van der Waals surface area (Å²) < 4.78 is 0. The van der Waals surface area contributed by atoms with E-state index in [0.29, 0.717) is 6.42 Å². The van der Waals surface area contributed by atoms with Crippen LogP contribution in [0.2, 0.25) is 0 Å². The number of carbonyl (C=O) groups is 2. The Hall–Kier alpha value is -2.10. The maximum Gasteiger partial charge on any atom is 0.307 e. The maximum absolute atomic E-state index is 11.5. The van der Waals surface area contributed by atoms with E-state index >= 15 is 0 Å². The molecule has 0 spiro atoms. The molecule has 4 heteroatoms. The smallest absolute Gasteiger partial charge is 0.307 e. The normalized spacial score (nSPS) is 19.6. The molecule has 1 amide bonds. The summed E-state index contributed by atoms with van der Waals surface area (Å²) in [6, 6.07) is 7.53. The molecule has 0 aliphatic carbocycles. The lowest BCUT2D eigenvalue weighted by molar-refractivity contribution is -0.136. The SMILES string of the molecule is O=C(O)Cc1cccc(C=CC2CCCCC(=O)N2)c1. The molecular weight excluding hydrogens is 254 g/mol. The zero-order valence-corrected chi connectivity index (χ0v) is 11.3. The van der Waals surface area contributed by atoms with Crippen LogP contribution in [0, 0.1) is 0 Å². The first-order valence-corrected chi connectivity index (χ1v) is 6.92. The summed E-state index contributed by atoms with van der Waals surface area (Å²) in [5.41, 5.74) is 1.74. The van der Waals surface area contributed by atoms with Crippen LogP contribution in [-0.4, -0.2) is 23.0 Å². The summed E-state index contributed by atoms with van der Waals surface area (Å²) in [7, 11) is 0. The lowest BCUT2D eigenvalue weighted by atomic mass is 10.1. The van der Waals surface area contributed by atoms with Crippen molar-refractivity contribution in [3.05, 3.63) is 41.5 Å². The van der Waals surface area contributed by atoms with Gasteiger partial charge in [0, 0.05) is 12.5 Å². The summed E-state index contributed by atoms with van der Waals surface area (Å²) in [6.07, 6.45) is 7.53. The van der Waals surface area contributed by atoms with Gasteiger partial charge in [-0.05, 0) is 24.0 Å². The fourth-order valence-electron chi connectivity index (χ4n) is 2.35. The number of rotatable bonds is 4. The minimum absolute atomic E-state index is 0.0296. The van der Waals surface area contributed by atoms with Crippen LogP contribution in [0.15, 0.2) is 30.3 Å². The average molecular weight is 273 g/mol. The predicted molar refractivity (Wildman–Crippen MR) is 77.2 cm³/mol. The van der Waals surface area contributed by atoms with Crippen LogP contribution in [-0.2, 0) is 16.0 Å². The van der Waals surface area contributed by atoms with Gasteiger partial charge in [0.25, 0.3) is 0 Å². The minimum Gasteiger partial charge on any atom is -0.481 e.